The first-order valence-electron chi connectivity index (χ1n) is 43.5. The minimum atomic E-state index is -0.482. The number of piperidine rings is 3. The zero-order chi connectivity index (χ0) is 91.0. The van der Waals surface area contributed by atoms with Gasteiger partial charge in [0.25, 0.3) is 0 Å². The van der Waals surface area contributed by atoms with Gasteiger partial charge in [-0.15, -0.1) is 10.2 Å². The van der Waals surface area contributed by atoms with E-state index < -0.39 is 10.8 Å². The molecule has 3 aliphatic heterocycles. The Morgan fingerprint density at radius 2 is 0.812 bits per heavy atom. The van der Waals surface area contributed by atoms with Crippen LogP contribution in [0.25, 0.3) is 0 Å². The van der Waals surface area contributed by atoms with Crippen LogP contribution in [-0.4, -0.2) is 120 Å². The molecule has 18 nitrogen and oxygen atoms in total. The maximum absolute atomic E-state index is 12.2. The molecule has 0 saturated carbocycles. The maximum Gasteiger partial charge on any atom is 0.311 e. The Hall–Kier alpha value is -6.60. The van der Waals surface area contributed by atoms with E-state index in [0.717, 1.165) is 92.0 Å². The van der Waals surface area contributed by atoms with Gasteiger partial charge in [-0.25, -0.2) is 0 Å². The molecule has 0 bridgehead atoms. The number of likely N-dealkylation sites (tertiary alicyclic amines) is 1. The predicted molar refractivity (Wildman–Crippen MR) is 485 cm³/mol. The largest absolute Gasteiger partial charge is 0.507 e. The monoisotopic (exact) mass is 1630 g/mol. The number of anilines is 1. The van der Waals surface area contributed by atoms with Crippen molar-refractivity contribution >= 4 is 40.9 Å². The lowest BCUT2D eigenvalue weighted by Gasteiger charge is -2.53. The average Bonchev–Trinajstić information content (AvgIpc) is 0.804. The third-order valence-electron chi connectivity index (χ3n) is 24.7. The van der Waals surface area contributed by atoms with Gasteiger partial charge in [0.1, 0.15) is 46.9 Å². The van der Waals surface area contributed by atoms with Crippen LogP contribution < -0.4 is 11.1 Å². The number of phenols is 3. The van der Waals surface area contributed by atoms with E-state index in [1.54, 1.807) is 30.3 Å². The van der Waals surface area contributed by atoms with E-state index in [1.165, 1.54) is 16.2 Å². The molecule has 117 heavy (non-hydrogen) atoms. The van der Waals surface area contributed by atoms with Crippen LogP contribution in [0.1, 0.15) is 384 Å². The second-order valence-corrected chi connectivity index (χ2v) is 43.3. The summed E-state index contributed by atoms with van der Waals surface area (Å²) in [4.78, 5) is 50.9. The Morgan fingerprint density at radius 3 is 1.17 bits per heavy atom. The minimum Gasteiger partial charge on any atom is -0.507 e. The third-order valence-corrected chi connectivity index (χ3v) is 24.7. The molecule has 7 rings (SSSR count). The molecule has 0 spiro atoms. The number of phenolic OH excluding ortho intramolecular Hbond substituents is 3. The summed E-state index contributed by atoms with van der Waals surface area (Å²) < 4.78 is 22.6. The van der Waals surface area contributed by atoms with Gasteiger partial charge in [0.15, 0.2) is 0 Å². The molecule has 3 saturated heterocycles. The zero-order valence-electron chi connectivity index (χ0n) is 81.1. The molecule has 2 atom stereocenters. The molecule has 7 N–H and O–H groups in total. The van der Waals surface area contributed by atoms with Crippen molar-refractivity contribution in [2.75, 3.05) is 19.4 Å². The van der Waals surface area contributed by atoms with E-state index >= 15 is 0 Å². The molecule has 2 unspecified atom stereocenters. The van der Waals surface area contributed by atoms with Crippen LogP contribution in [0.15, 0.2) is 77.0 Å². The van der Waals surface area contributed by atoms with Gasteiger partial charge in [-0.05, 0) is 282 Å². The summed E-state index contributed by atoms with van der Waals surface area (Å²) in [5, 5.41) is 54.1. The number of hydrogen-bond donors (Lipinski definition) is 6. The van der Waals surface area contributed by atoms with E-state index in [-0.39, 0.29) is 115 Å². The van der Waals surface area contributed by atoms with E-state index in [2.05, 4.69) is 197 Å². The molecule has 3 fully saturated rings. The number of benzene rings is 4. The Labute approximate surface area is 711 Å². The van der Waals surface area contributed by atoms with Crippen molar-refractivity contribution in [2.24, 2.45) is 31.9 Å². The van der Waals surface area contributed by atoms with Crippen molar-refractivity contribution in [1.82, 2.24) is 15.3 Å². The van der Waals surface area contributed by atoms with Crippen LogP contribution >= 0.6 is 0 Å². The highest BCUT2D eigenvalue weighted by Crippen LogP contribution is 2.45. The summed E-state index contributed by atoms with van der Waals surface area (Å²) in [6, 6.07) is 20.8. The second-order valence-electron chi connectivity index (χ2n) is 43.3. The first-order valence-corrected chi connectivity index (χ1v) is 43.5. The fourth-order valence-corrected chi connectivity index (χ4v) is 14.6. The number of ether oxygens (including phenoxy) is 4. The van der Waals surface area contributed by atoms with Crippen LogP contribution in [0.5, 0.6) is 17.2 Å². The highest BCUT2D eigenvalue weighted by Gasteiger charge is 2.49. The molecule has 3 heterocycles. The number of azo groups is 1. The van der Waals surface area contributed by atoms with Crippen LogP contribution in [0, 0.1) is 28.6 Å². The van der Waals surface area contributed by atoms with Crippen molar-refractivity contribution in [3.63, 3.8) is 0 Å². The number of nitrogen functional groups attached to an aromatic ring is 1. The van der Waals surface area contributed by atoms with E-state index in [4.69, 9.17) is 24.7 Å². The molecule has 0 amide bonds. The van der Waals surface area contributed by atoms with Crippen molar-refractivity contribution in [2.45, 2.75) is 426 Å². The standard InChI is InChI=1S/C20H25N3O3.C18H30O.C16H31NO2.C15H29NO3.C15H29NO2.C15H24O/c1-4-20(2,3)19(25)26-12-11-14-9-10-18(24)17(13-14)23-22-16-8-6-5-7-15(16)21;1-9-12(2)13-10-14(17(3,4)5)16(19)15(11-13)18(6,7)8;1-9-14(2,3)13(18)19-12-10-15(4,5)17(8)16(6,7)11-12;1-8-13(2,3)12(17)19-11-9-14(4,5)16(18)15(6,7)10-11;1-8-13(2,3)12(17)18-11-9-14(4,5)16-15(6,7)10-11;1-7-10(2)12-8-11(3)14(16)13(9-12)15(4,5)6/h5-10,13,24H,4,11-12,21H2,1-3H3;10-12,19H,9H2,1-8H3;12H,9-11H2,1-8H3;11,18H,8-10H2,1-7H3;11,16H,8-10H2,1-7H3;8-10,16H,7H2,1-6H3. The Morgan fingerprint density at radius 1 is 0.479 bits per heavy atom. The van der Waals surface area contributed by atoms with E-state index in [9.17, 15) is 39.7 Å². The first kappa shape index (κ1) is 106. The molecular weight excluding hydrogens is 1470 g/mol. The number of hydroxylamine groups is 2. The Balaban J connectivity index is 0.000000479. The van der Waals surface area contributed by atoms with Gasteiger partial charge < -0.3 is 50.5 Å². The number of aromatic hydroxyl groups is 3. The van der Waals surface area contributed by atoms with Gasteiger partial charge in [-0.3, -0.25) is 24.1 Å². The molecule has 0 aromatic heterocycles. The number of esters is 4. The lowest BCUT2D eigenvalue weighted by atomic mass is 9.77. The van der Waals surface area contributed by atoms with Gasteiger partial charge in [-0.1, -0.05) is 160 Å². The zero-order valence-corrected chi connectivity index (χ0v) is 81.1. The Kier molecular flexibility index (Phi) is 38.0. The summed E-state index contributed by atoms with van der Waals surface area (Å²) in [5.74, 6) is 1.57. The smallest absolute Gasteiger partial charge is 0.311 e. The number of nitrogens with one attached hydrogen (secondary N) is 1. The summed E-state index contributed by atoms with van der Waals surface area (Å²) >= 11 is 0. The van der Waals surface area contributed by atoms with Gasteiger partial charge in [0.2, 0.25) is 0 Å². The maximum atomic E-state index is 12.2. The molecule has 0 aliphatic carbocycles. The fourth-order valence-electron chi connectivity index (χ4n) is 14.6. The number of nitrogens with two attached hydrogens (primary N) is 1. The summed E-state index contributed by atoms with van der Waals surface area (Å²) in [6.07, 6.45) is 10.7. The third kappa shape index (κ3) is 32.1. The summed E-state index contributed by atoms with van der Waals surface area (Å²) in [6.45, 7) is 79.4. The molecule has 4 aromatic carbocycles. The van der Waals surface area contributed by atoms with Crippen LogP contribution in [0.3, 0.4) is 0 Å². The van der Waals surface area contributed by atoms with Gasteiger partial charge >= 0.3 is 23.9 Å². The molecule has 18 heteroatoms. The van der Waals surface area contributed by atoms with Crippen LogP contribution in [0.4, 0.5) is 17.1 Å². The quantitative estimate of drug-likeness (QED) is 0.0208. The van der Waals surface area contributed by atoms with Crippen molar-refractivity contribution in [3.8, 4) is 17.2 Å². The van der Waals surface area contributed by atoms with E-state index in [1.807, 2.05) is 130 Å². The number of carbonyl (C=O) groups is 4. The Bertz CT molecular complexity index is 3740. The molecular formula is C99H168N6O12. The number of rotatable bonds is 20. The lowest BCUT2D eigenvalue weighted by Crippen LogP contribution is -2.61. The summed E-state index contributed by atoms with van der Waals surface area (Å²) in [7, 11) is 2.16. The fraction of sp³-hybridized carbons (Fsp3) is 0.717. The molecule has 4 aromatic rings. The van der Waals surface area contributed by atoms with Gasteiger partial charge in [-0.2, -0.15) is 5.06 Å². The highest BCUT2D eigenvalue weighted by atomic mass is 16.6. The summed E-state index contributed by atoms with van der Waals surface area (Å²) in [5.41, 5.74) is 12.6. The van der Waals surface area contributed by atoms with Gasteiger partial charge in [0.05, 0.1) is 34.0 Å². The van der Waals surface area contributed by atoms with Crippen molar-refractivity contribution in [3.05, 3.63) is 106 Å². The molecule has 3 aliphatic rings. The second kappa shape index (κ2) is 41.8. The van der Waals surface area contributed by atoms with Crippen molar-refractivity contribution < 1.29 is 58.7 Å². The number of hydrogen-bond acceptors (Lipinski definition) is 18. The van der Waals surface area contributed by atoms with Crippen LogP contribution in [0.2, 0.25) is 0 Å². The van der Waals surface area contributed by atoms with Crippen molar-refractivity contribution in [1.29, 1.82) is 0 Å². The molecule has 0 radical (unpaired) electrons. The number of para-hydroxylation sites is 1. The normalized spacial score (nSPS) is 18.4. The van der Waals surface area contributed by atoms with E-state index in [0.29, 0.717) is 59.7 Å². The topological polar surface area (TPSA) is 255 Å². The van der Waals surface area contributed by atoms with Crippen LogP contribution in [-0.2, 0) is 60.8 Å². The first-order chi connectivity index (χ1) is 52.9. The average molecular weight is 1630 g/mol. The SMILES string of the molecule is CCC(C)(C)C(=O)OC1CC(C)(C)N(C)C(C)(C)C1.CCC(C)(C)C(=O)OC1CC(C)(C)N(O)C(C)(C)C1.CCC(C)(C)C(=O)OC1CC(C)(C)NC(C)(C)C1.CCC(C)(C)C(=O)OCCc1ccc(O)c(N=Nc2ccccc2N)c1.CCC(C)c1cc(C(C)(C)C)c(O)c(C(C)(C)C)c1.CCC(C)c1cc(C)c(O)c(C(C)(C)C)c1. The highest BCUT2D eigenvalue weighted by molar-refractivity contribution is 5.77. The van der Waals surface area contributed by atoms with Gasteiger partial charge in [0, 0.05) is 78.2 Å². The predicted octanol–water partition coefficient (Wildman–Crippen LogP) is 25.2. The number of aryl methyl sites for hydroxylation is 1. The number of carbonyl (C=O) groups excluding carboxylic acids is 4. The molecule has 666 valence electrons. The number of nitrogens with zero attached hydrogens (tertiary/aromatic N) is 4. The minimum absolute atomic E-state index is 0.00167. The lowest BCUT2D eigenvalue weighted by molar-refractivity contribution is -0.260.